The van der Waals surface area contributed by atoms with Crippen molar-refractivity contribution in [1.29, 1.82) is 0 Å². The average Bonchev–Trinajstić information content (AvgIpc) is 2.14. The van der Waals surface area contributed by atoms with Crippen LogP contribution >= 0.6 is 11.3 Å². The second-order valence-electron chi connectivity index (χ2n) is 1.49. The molecule has 0 aliphatic carbocycles. The van der Waals surface area contributed by atoms with Crippen LogP contribution in [0, 0.1) is 0 Å². The second kappa shape index (κ2) is 3.64. The molecular formula is C6H11NS. The quantitative estimate of drug-likeness (QED) is 0.621. The highest BCUT2D eigenvalue weighted by molar-refractivity contribution is 7.07. The zero-order valence-corrected chi connectivity index (χ0v) is 5.87. The summed E-state index contributed by atoms with van der Waals surface area (Å²) in [7, 11) is 0. The van der Waals surface area contributed by atoms with Crippen molar-refractivity contribution in [2.45, 2.75) is 13.3 Å². The van der Waals surface area contributed by atoms with Crippen molar-refractivity contribution in [3.05, 3.63) is 22.4 Å². The highest BCUT2D eigenvalue weighted by atomic mass is 32.1. The van der Waals surface area contributed by atoms with E-state index in [1.807, 2.05) is 0 Å². The fourth-order valence-corrected chi connectivity index (χ4v) is 1.25. The molecule has 0 spiro atoms. The Morgan fingerprint density at radius 3 is 2.62 bits per heavy atom. The molecule has 8 heavy (non-hydrogen) atoms. The van der Waals surface area contributed by atoms with Gasteiger partial charge in [0.1, 0.15) is 0 Å². The topological polar surface area (TPSA) is 35.0 Å². The Morgan fingerprint density at radius 1 is 1.62 bits per heavy atom. The number of rotatable bonds is 1. The van der Waals surface area contributed by atoms with Crippen LogP contribution in [0.2, 0.25) is 0 Å². The summed E-state index contributed by atoms with van der Waals surface area (Å²) in [4.78, 5) is 0. The van der Waals surface area contributed by atoms with Gasteiger partial charge in [-0.3, -0.25) is 0 Å². The SMILES string of the molecule is CCc1ccsc1.N. The molecule has 1 rings (SSSR count). The lowest BCUT2D eigenvalue weighted by Crippen LogP contribution is -1.66. The maximum Gasteiger partial charge on any atom is -0.00614 e. The molecule has 0 aliphatic heterocycles. The summed E-state index contributed by atoms with van der Waals surface area (Å²) in [6, 6.07) is 2.16. The van der Waals surface area contributed by atoms with Gasteiger partial charge < -0.3 is 6.15 Å². The Morgan fingerprint density at radius 2 is 2.38 bits per heavy atom. The predicted molar refractivity (Wildman–Crippen MR) is 38.7 cm³/mol. The van der Waals surface area contributed by atoms with E-state index < -0.39 is 0 Å². The molecule has 3 N–H and O–H groups in total. The van der Waals surface area contributed by atoms with Gasteiger partial charge in [0.25, 0.3) is 0 Å². The Labute approximate surface area is 53.9 Å². The number of hydrogen-bond donors (Lipinski definition) is 1. The first-order valence-electron chi connectivity index (χ1n) is 2.44. The Hall–Kier alpha value is -0.340. The third-order valence-corrected chi connectivity index (χ3v) is 1.72. The molecule has 0 aliphatic rings. The maximum absolute atomic E-state index is 2.18. The van der Waals surface area contributed by atoms with E-state index in [9.17, 15) is 0 Å². The smallest absolute Gasteiger partial charge is 0.00614 e. The number of aryl methyl sites for hydroxylation is 1. The van der Waals surface area contributed by atoms with Gasteiger partial charge in [-0.2, -0.15) is 11.3 Å². The van der Waals surface area contributed by atoms with E-state index in [0.29, 0.717) is 0 Å². The Bertz CT molecular complexity index is 123. The molecule has 0 saturated heterocycles. The summed E-state index contributed by atoms with van der Waals surface area (Å²) < 4.78 is 0. The fourth-order valence-electron chi connectivity index (χ4n) is 0.494. The first-order chi connectivity index (χ1) is 3.43. The zero-order valence-electron chi connectivity index (χ0n) is 5.05. The standard InChI is InChI=1S/C6H8S.H3N/c1-2-6-3-4-7-5-6;/h3-5H,2H2,1H3;1H3. The molecule has 0 radical (unpaired) electrons. The highest BCUT2D eigenvalue weighted by Gasteiger charge is 1.82. The van der Waals surface area contributed by atoms with Gasteiger partial charge in [0, 0.05) is 0 Å². The van der Waals surface area contributed by atoms with Gasteiger partial charge >= 0.3 is 0 Å². The molecule has 46 valence electrons. The van der Waals surface area contributed by atoms with E-state index in [0.717, 1.165) is 0 Å². The summed E-state index contributed by atoms with van der Waals surface area (Å²) in [5.74, 6) is 0. The molecule has 1 aromatic heterocycles. The van der Waals surface area contributed by atoms with E-state index in [1.54, 1.807) is 11.3 Å². The van der Waals surface area contributed by atoms with Crippen LogP contribution in [0.15, 0.2) is 16.8 Å². The third kappa shape index (κ3) is 1.64. The lowest BCUT2D eigenvalue weighted by Gasteiger charge is -1.78. The van der Waals surface area contributed by atoms with Gasteiger partial charge in [-0.1, -0.05) is 6.92 Å². The average molecular weight is 129 g/mol. The van der Waals surface area contributed by atoms with Crippen LogP contribution in [0.1, 0.15) is 12.5 Å². The molecule has 2 heteroatoms. The van der Waals surface area contributed by atoms with Gasteiger partial charge in [-0.05, 0) is 28.8 Å². The van der Waals surface area contributed by atoms with Crippen molar-refractivity contribution in [3.63, 3.8) is 0 Å². The molecule has 0 unspecified atom stereocenters. The molecule has 0 fully saturated rings. The Kier molecular flexibility index (Phi) is 3.48. The van der Waals surface area contributed by atoms with Crippen molar-refractivity contribution >= 4 is 11.3 Å². The zero-order chi connectivity index (χ0) is 5.11. The summed E-state index contributed by atoms with van der Waals surface area (Å²) in [5.41, 5.74) is 1.45. The molecule has 0 aromatic carbocycles. The van der Waals surface area contributed by atoms with E-state index in [-0.39, 0.29) is 6.15 Å². The molecule has 0 bridgehead atoms. The molecule has 1 heterocycles. The van der Waals surface area contributed by atoms with Crippen LogP contribution in [-0.4, -0.2) is 0 Å². The van der Waals surface area contributed by atoms with Crippen LogP contribution in [0.25, 0.3) is 0 Å². The van der Waals surface area contributed by atoms with Gasteiger partial charge in [-0.15, -0.1) is 0 Å². The normalized spacial score (nSPS) is 8.12. The summed E-state index contributed by atoms with van der Waals surface area (Å²) in [6.07, 6.45) is 1.17. The lowest BCUT2D eigenvalue weighted by molar-refractivity contribution is 1.16. The maximum atomic E-state index is 2.18. The minimum atomic E-state index is 0. The van der Waals surface area contributed by atoms with Gasteiger partial charge in [0.15, 0.2) is 0 Å². The van der Waals surface area contributed by atoms with E-state index >= 15 is 0 Å². The lowest BCUT2D eigenvalue weighted by atomic mass is 10.3. The number of thiophene rings is 1. The third-order valence-electron chi connectivity index (χ3n) is 0.988. The molecule has 0 atom stereocenters. The van der Waals surface area contributed by atoms with Gasteiger partial charge in [0.05, 0.1) is 0 Å². The molecular weight excluding hydrogens is 118 g/mol. The van der Waals surface area contributed by atoms with E-state index in [4.69, 9.17) is 0 Å². The first kappa shape index (κ1) is 7.66. The van der Waals surface area contributed by atoms with Crippen molar-refractivity contribution in [3.8, 4) is 0 Å². The van der Waals surface area contributed by atoms with Crippen LogP contribution in [-0.2, 0) is 6.42 Å². The van der Waals surface area contributed by atoms with Crippen molar-refractivity contribution in [2.24, 2.45) is 0 Å². The van der Waals surface area contributed by atoms with Crippen molar-refractivity contribution in [1.82, 2.24) is 6.15 Å². The van der Waals surface area contributed by atoms with Crippen molar-refractivity contribution < 1.29 is 0 Å². The summed E-state index contributed by atoms with van der Waals surface area (Å²) in [6.45, 7) is 2.17. The minimum Gasteiger partial charge on any atom is -0.344 e. The fraction of sp³-hybridized carbons (Fsp3) is 0.333. The van der Waals surface area contributed by atoms with E-state index in [1.165, 1.54) is 12.0 Å². The molecule has 1 aromatic rings. The predicted octanol–water partition coefficient (Wildman–Crippen LogP) is 2.47. The first-order valence-corrected chi connectivity index (χ1v) is 3.39. The molecule has 0 amide bonds. The minimum absolute atomic E-state index is 0. The molecule has 0 saturated carbocycles. The van der Waals surface area contributed by atoms with Crippen molar-refractivity contribution in [2.75, 3.05) is 0 Å². The molecule has 1 nitrogen and oxygen atoms in total. The monoisotopic (exact) mass is 129 g/mol. The van der Waals surface area contributed by atoms with E-state index in [2.05, 4.69) is 23.8 Å². The van der Waals surface area contributed by atoms with Crippen LogP contribution in [0.4, 0.5) is 0 Å². The van der Waals surface area contributed by atoms with Crippen LogP contribution in [0.5, 0.6) is 0 Å². The highest BCUT2D eigenvalue weighted by Crippen LogP contribution is 2.04. The summed E-state index contributed by atoms with van der Waals surface area (Å²) >= 11 is 1.76. The van der Waals surface area contributed by atoms with Crippen LogP contribution < -0.4 is 6.15 Å². The van der Waals surface area contributed by atoms with Crippen LogP contribution in [0.3, 0.4) is 0 Å². The van der Waals surface area contributed by atoms with Gasteiger partial charge in [0.2, 0.25) is 0 Å². The number of hydrogen-bond acceptors (Lipinski definition) is 2. The van der Waals surface area contributed by atoms with Gasteiger partial charge in [-0.25, -0.2) is 0 Å². The Balaban J connectivity index is 0.000000490. The second-order valence-corrected chi connectivity index (χ2v) is 2.27. The summed E-state index contributed by atoms with van der Waals surface area (Å²) in [5, 5.41) is 4.29. The largest absolute Gasteiger partial charge is 0.344 e.